The van der Waals surface area contributed by atoms with Gasteiger partial charge in [0.25, 0.3) is 0 Å². The van der Waals surface area contributed by atoms with Crippen molar-refractivity contribution in [2.75, 3.05) is 20.1 Å². The maximum absolute atomic E-state index is 4.15. The highest BCUT2D eigenvalue weighted by atomic mass is 15.3. The van der Waals surface area contributed by atoms with Crippen LogP contribution >= 0.6 is 0 Å². The van der Waals surface area contributed by atoms with Crippen molar-refractivity contribution in [1.29, 1.82) is 0 Å². The molecule has 1 saturated heterocycles. The van der Waals surface area contributed by atoms with Crippen LogP contribution in [0.5, 0.6) is 0 Å². The molecule has 2 heterocycles. The Hall–Kier alpha value is -0.900. The summed E-state index contributed by atoms with van der Waals surface area (Å²) >= 11 is 0. The molecule has 1 aliphatic rings. The molecule has 0 N–H and O–H groups in total. The lowest BCUT2D eigenvalue weighted by Gasteiger charge is -2.28. The van der Waals surface area contributed by atoms with Crippen LogP contribution in [0, 0.1) is 0 Å². The molecule has 4 nitrogen and oxygen atoms in total. The van der Waals surface area contributed by atoms with Gasteiger partial charge in [-0.3, -0.25) is 0 Å². The summed E-state index contributed by atoms with van der Waals surface area (Å²) in [4.78, 5) is 6.31. The Balaban J connectivity index is 1.99. The van der Waals surface area contributed by atoms with Crippen LogP contribution in [0.3, 0.4) is 0 Å². The lowest BCUT2D eigenvalue weighted by atomic mass is 10.1. The Bertz CT molecular complexity index is 223. The van der Waals surface area contributed by atoms with Gasteiger partial charge in [-0.25, -0.2) is 9.67 Å². The molecule has 0 spiro atoms. The fourth-order valence-corrected chi connectivity index (χ4v) is 1.67. The Morgan fingerprint density at radius 1 is 1.33 bits per heavy atom. The molecule has 1 aromatic rings. The van der Waals surface area contributed by atoms with E-state index in [0.29, 0.717) is 6.04 Å². The van der Waals surface area contributed by atoms with Crippen molar-refractivity contribution in [3.8, 4) is 0 Å². The molecule has 0 aliphatic carbocycles. The van der Waals surface area contributed by atoms with E-state index in [9.17, 15) is 0 Å². The van der Waals surface area contributed by atoms with Crippen molar-refractivity contribution in [1.82, 2.24) is 19.7 Å². The molecule has 0 atom stereocenters. The van der Waals surface area contributed by atoms with E-state index in [1.54, 1.807) is 6.33 Å². The number of likely N-dealkylation sites (tertiary alicyclic amines) is 1. The van der Waals surface area contributed by atoms with Gasteiger partial charge in [0.2, 0.25) is 0 Å². The van der Waals surface area contributed by atoms with Gasteiger partial charge in [-0.05, 0) is 33.0 Å². The number of hydrogen-bond acceptors (Lipinski definition) is 3. The van der Waals surface area contributed by atoms with Crippen LogP contribution in [0.2, 0.25) is 0 Å². The third-order valence-electron chi connectivity index (χ3n) is 2.50. The summed E-state index contributed by atoms with van der Waals surface area (Å²) in [6.07, 6.45) is 5.81. The minimum Gasteiger partial charge on any atom is -0.306 e. The van der Waals surface area contributed by atoms with Crippen LogP contribution in [0.4, 0.5) is 0 Å². The summed E-state index contributed by atoms with van der Waals surface area (Å²) in [5.41, 5.74) is 0. The van der Waals surface area contributed by atoms with E-state index in [4.69, 9.17) is 0 Å². The molecule has 12 heavy (non-hydrogen) atoms. The smallest absolute Gasteiger partial charge is 0.137 e. The van der Waals surface area contributed by atoms with Gasteiger partial charge in [0, 0.05) is 0 Å². The summed E-state index contributed by atoms with van der Waals surface area (Å²) in [5, 5.41) is 4.15. The van der Waals surface area contributed by atoms with Gasteiger partial charge in [-0.15, -0.1) is 0 Å². The van der Waals surface area contributed by atoms with Gasteiger partial charge in [-0.2, -0.15) is 5.10 Å². The molecule has 1 aromatic heterocycles. The molecule has 0 bridgehead atoms. The number of rotatable bonds is 1. The highest BCUT2D eigenvalue weighted by Crippen LogP contribution is 2.19. The van der Waals surface area contributed by atoms with Gasteiger partial charge in [0.1, 0.15) is 12.7 Å². The van der Waals surface area contributed by atoms with E-state index in [2.05, 4.69) is 22.0 Å². The first kappa shape index (κ1) is 7.73. The zero-order valence-electron chi connectivity index (χ0n) is 7.35. The molecule has 0 aromatic carbocycles. The predicted octanol–water partition coefficient (Wildman–Crippen LogP) is 0.545. The largest absolute Gasteiger partial charge is 0.306 e. The summed E-state index contributed by atoms with van der Waals surface area (Å²) in [6, 6.07) is 0.573. The third-order valence-corrected chi connectivity index (χ3v) is 2.50. The van der Waals surface area contributed by atoms with Gasteiger partial charge in [0.15, 0.2) is 0 Å². The number of aromatic nitrogens is 3. The predicted molar refractivity (Wildman–Crippen MR) is 45.8 cm³/mol. The minimum atomic E-state index is 0.573. The van der Waals surface area contributed by atoms with Crippen LogP contribution in [0.25, 0.3) is 0 Å². The number of piperidine rings is 1. The molecular formula is C8H14N4. The standard InChI is InChI=1S/C8H14N4/c1-11-4-2-8(3-5-11)12-7-9-6-10-12/h6-8H,2-5H2,1H3. The monoisotopic (exact) mass is 166 g/mol. The van der Waals surface area contributed by atoms with Crippen molar-refractivity contribution in [2.24, 2.45) is 0 Å². The highest BCUT2D eigenvalue weighted by Gasteiger charge is 2.17. The lowest BCUT2D eigenvalue weighted by molar-refractivity contribution is 0.212. The van der Waals surface area contributed by atoms with E-state index in [0.717, 1.165) is 0 Å². The van der Waals surface area contributed by atoms with Crippen LogP contribution in [-0.2, 0) is 0 Å². The zero-order valence-corrected chi connectivity index (χ0v) is 7.35. The average molecular weight is 166 g/mol. The summed E-state index contributed by atoms with van der Waals surface area (Å²) in [5.74, 6) is 0. The second-order valence-corrected chi connectivity index (χ2v) is 3.41. The second-order valence-electron chi connectivity index (χ2n) is 3.41. The summed E-state index contributed by atoms with van der Waals surface area (Å²) in [7, 11) is 2.16. The Kier molecular flexibility index (Phi) is 2.08. The van der Waals surface area contributed by atoms with E-state index in [1.165, 1.54) is 25.9 Å². The molecule has 0 amide bonds. The summed E-state index contributed by atoms with van der Waals surface area (Å²) in [6.45, 7) is 2.34. The Morgan fingerprint density at radius 2 is 2.08 bits per heavy atom. The van der Waals surface area contributed by atoms with Crippen molar-refractivity contribution in [3.63, 3.8) is 0 Å². The van der Waals surface area contributed by atoms with Crippen LogP contribution < -0.4 is 0 Å². The first-order valence-corrected chi connectivity index (χ1v) is 4.39. The average Bonchev–Trinajstić information content (AvgIpc) is 2.58. The summed E-state index contributed by atoms with van der Waals surface area (Å²) < 4.78 is 1.98. The van der Waals surface area contributed by atoms with Crippen molar-refractivity contribution in [2.45, 2.75) is 18.9 Å². The first-order valence-electron chi connectivity index (χ1n) is 4.39. The minimum absolute atomic E-state index is 0.573. The van der Waals surface area contributed by atoms with Crippen LogP contribution in [-0.4, -0.2) is 39.8 Å². The molecule has 0 unspecified atom stereocenters. The quantitative estimate of drug-likeness (QED) is 0.610. The molecule has 2 rings (SSSR count). The second kappa shape index (κ2) is 3.23. The van der Waals surface area contributed by atoms with Crippen LogP contribution in [0.15, 0.2) is 12.7 Å². The molecule has 0 saturated carbocycles. The first-order chi connectivity index (χ1) is 5.86. The zero-order chi connectivity index (χ0) is 8.39. The topological polar surface area (TPSA) is 34.0 Å². The normalized spacial score (nSPS) is 21.4. The SMILES string of the molecule is CN1CCC(n2cncn2)CC1. The fourth-order valence-electron chi connectivity index (χ4n) is 1.67. The highest BCUT2D eigenvalue weighted by molar-refractivity contribution is 4.75. The lowest BCUT2D eigenvalue weighted by Crippen LogP contribution is -2.31. The third kappa shape index (κ3) is 1.48. The molecular weight excluding hydrogens is 152 g/mol. The maximum atomic E-state index is 4.15. The van der Waals surface area contributed by atoms with Crippen molar-refractivity contribution in [3.05, 3.63) is 12.7 Å². The van der Waals surface area contributed by atoms with E-state index in [1.807, 2.05) is 11.0 Å². The Labute approximate surface area is 72.2 Å². The van der Waals surface area contributed by atoms with E-state index in [-0.39, 0.29) is 0 Å². The van der Waals surface area contributed by atoms with Crippen molar-refractivity contribution >= 4 is 0 Å². The Morgan fingerprint density at radius 3 is 2.67 bits per heavy atom. The van der Waals surface area contributed by atoms with E-state index < -0.39 is 0 Å². The van der Waals surface area contributed by atoms with Gasteiger partial charge >= 0.3 is 0 Å². The fraction of sp³-hybridized carbons (Fsp3) is 0.750. The van der Waals surface area contributed by atoms with Gasteiger partial charge < -0.3 is 4.90 Å². The molecule has 4 heteroatoms. The van der Waals surface area contributed by atoms with Gasteiger partial charge in [0.05, 0.1) is 6.04 Å². The number of hydrogen-bond donors (Lipinski definition) is 0. The van der Waals surface area contributed by atoms with Gasteiger partial charge in [-0.1, -0.05) is 0 Å². The van der Waals surface area contributed by atoms with E-state index >= 15 is 0 Å². The molecule has 1 fully saturated rings. The van der Waals surface area contributed by atoms with Crippen molar-refractivity contribution < 1.29 is 0 Å². The maximum Gasteiger partial charge on any atom is 0.137 e. The number of nitrogens with zero attached hydrogens (tertiary/aromatic N) is 4. The molecule has 1 aliphatic heterocycles. The molecule has 66 valence electrons. The van der Waals surface area contributed by atoms with Crippen LogP contribution in [0.1, 0.15) is 18.9 Å². The molecule has 0 radical (unpaired) electrons.